The maximum absolute atomic E-state index is 6.27. The molecule has 2 heteroatoms. The normalized spacial score (nSPS) is 42.4. The lowest BCUT2D eigenvalue weighted by Crippen LogP contribution is -2.49. The van der Waals surface area contributed by atoms with Crippen LogP contribution < -0.4 is 0 Å². The van der Waals surface area contributed by atoms with E-state index in [-0.39, 0.29) is 5.79 Å². The van der Waals surface area contributed by atoms with Crippen LogP contribution in [0.15, 0.2) is 0 Å². The first-order chi connectivity index (χ1) is 7.13. The summed E-state index contributed by atoms with van der Waals surface area (Å²) in [5.74, 6) is 1.07. The molecule has 0 bridgehead atoms. The molecule has 2 aliphatic heterocycles. The van der Waals surface area contributed by atoms with E-state index in [1.807, 2.05) is 0 Å². The quantitative estimate of drug-likeness (QED) is 0.663. The first-order valence-electron chi connectivity index (χ1n) is 6.45. The first kappa shape index (κ1) is 11.4. The Labute approximate surface area is 93.3 Å². The third-order valence-electron chi connectivity index (χ3n) is 3.87. The zero-order valence-corrected chi connectivity index (χ0v) is 10.3. The molecule has 0 aromatic carbocycles. The second-order valence-corrected chi connectivity index (χ2v) is 5.56. The average Bonchev–Trinajstić information content (AvgIpc) is 2.23. The summed E-state index contributed by atoms with van der Waals surface area (Å²) >= 11 is 0. The Morgan fingerprint density at radius 1 is 1.20 bits per heavy atom. The highest BCUT2D eigenvalue weighted by Crippen LogP contribution is 2.41. The lowest BCUT2D eigenvalue weighted by Gasteiger charge is -2.47. The van der Waals surface area contributed by atoms with Crippen molar-refractivity contribution in [2.24, 2.45) is 11.8 Å². The van der Waals surface area contributed by atoms with Crippen molar-refractivity contribution >= 4 is 0 Å². The third kappa shape index (κ3) is 2.36. The molecule has 2 rings (SSSR count). The highest BCUT2D eigenvalue weighted by atomic mass is 16.7. The van der Waals surface area contributed by atoms with E-state index in [1.165, 1.54) is 19.3 Å². The molecule has 2 heterocycles. The van der Waals surface area contributed by atoms with Crippen LogP contribution in [0.3, 0.4) is 0 Å². The number of rotatable bonds is 1. The fourth-order valence-corrected chi connectivity index (χ4v) is 2.94. The minimum Gasteiger partial charge on any atom is -0.350 e. The maximum atomic E-state index is 6.27. The summed E-state index contributed by atoms with van der Waals surface area (Å²) in [5, 5.41) is 0. The molecule has 0 saturated carbocycles. The van der Waals surface area contributed by atoms with Crippen molar-refractivity contribution in [1.29, 1.82) is 0 Å². The maximum Gasteiger partial charge on any atom is 0.168 e. The molecule has 88 valence electrons. The Bertz CT molecular complexity index is 207. The van der Waals surface area contributed by atoms with Crippen LogP contribution in [-0.2, 0) is 9.47 Å². The third-order valence-corrected chi connectivity index (χ3v) is 3.87. The van der Waals surface area contributed by atoms with E-state index in [0.717, 1.165) is 19.4 Å². The minimum atomic E-state index is -0.209. The summed E-state index contributed by atoms with van der Waals surface area (Å²) in [6.45, 7) is 7.70. The van der Waals surface area contributed by atoms with Crippen LogP contribution in [0.25, 0.3) is 0 Å². The summed E-state index contributed by atoms with van der Waals surface area (Å²) in [4.78, 5) is 0. The van der Waals surface area contributed by atoms with Gasteiger partial charge < -0.3 is 9.47 Å². The molecule has 0 aromatic rings. The van der Waals surface area contributed by atoms with Crippen molar-refractivity contribution < 1.29 is 9.47 Å². The summed E-state index contributed by atoms with van der Waals surface area (Å²) in [5.41, 5.74) is 0. The Hall–Kier alpha value is -0.0800. The zero-order chi connectivity index (χ0) is 10.9. The number of ether oxygens (including phenoxy) is 2. The van der Waals surface area contributed by atoms with Crippen molar-refractivity contribution in [3.05, 3.63) is 0 Å². The average molecular weight is 212 g/mol. The Morgan fingerprint density at radius 3 is 2.60 bits per heavy atom. The molecule has 15 heavy (non-hydrogen) atoms. The second-order valence-electron chi connectivity index (χ2n) is 5.56. The molecule has 0 radical (unpaired) electrons. The van der Waals surface area contributed by atoms with E-state index in [0.29, 0.717) is 17.9 Å². The number of hydrogen-bond acceptors (Lipinski definition) is 2. The fourth-order valence-electron chi connectivity index (χ4n) is 2.94. The Balaban J connectivity index is 2.03. The van der Waals surface area contributed by atoms with Gasteiger partial charge in [-0.2, -0.15) is 0 Å². The van der Waals surface area contributed by atoms with E-state index in [9.17, 15) is 0 Å². The van der Waals surface area contributed by atoms with Crippen LogP contribution in [0.1, 0.15) is 52.9 Å². The fraction of sp³-hybridized carbons (Fsp3) is 1.00. The van der Waals surface area contributed by atoms with Gasteiger partial charge in [0.25, 0.3) is 0 Å². The van der Waals surface area contributed by atoms with E-state index in [4.69, 9.17) is 9.47 Å². The van der Waals surface area contributed by atoms with Crippen LogP contribution in [0.4, 0.5) is 0 Å². The molecule has 1 spiro atoms. The van der Waals surface area contributed by atoms with Crippen molar-refractivity contribution in [3.8, 4) is 0 Å². The predicted molar refractivity (Wildman–Crippen MR) is 60.6 cm³/mol. The van der Waals surface area contributed by atoms with E-state index in [1.54, 1.807) is 0 Å². The highest BCUT2D eigenvalue weighted by molar-refractivity contribution is 4.85. The summed E-state index contributed by atoms with van der Waals surface area (Å²) < 4.78 is 12.2. The zero-order valence-electron chi connectivity index (χ0n) is 10.3. The molecule has 2 aliphatic rings. The molecule has 0 aromatic heterocycles. The van der Waals surface area contributed by atoms with Gasteiger partial charge in [-0.3, -0.25) is 0 Å². The first-order valence-corrected chi connectivity index (χ1v) is 6.45. The van der Waals surface area contributed by atoms with Gasteiger partial charge in [0, 0.05) is 12.8 Å². The van der Waals surface area contributed by atoms with Gasteiger partial charge in [-0.25, -0.2) is 0 Å². The van der Waals surface area contributed by atoms with Crippen LogP contribution in [0, 0.1) is 11.8 Å². The summed E-state index contributed by atoms with van der Waals surface area (Å²) in [6.07, 6.45) is 6.30. The molecule has 0 amide bonds. The van der Waals surface area contributed by atoms with Crippen LogP contribution >= 0.6 is 0 Å². The van der Waals surface area contributed by atoms with Gasteiger partial charge in [0.15, 0.2) is 5.79 Å². The molecule has 2 fully saturated rings. The van der Waals surface area contributed by atoms with Gasteiger partial charge >= 0.3 is 0 Å². The van der Waals surface area contributed by atoms with E-state index >= 15 is 0 Å². The Kier molecular flexibility index (Phi) is 3.36. The molecular weight excluding hydrogens is 188 g/mol. The van der Waals surface area contributed by atoms with Crippen LogP contribution in [-0.4, -0.2) is 18.5 Å². The van der Waals surface area contributed by atoms with Gasteiger partial charge in [0.1, 0.15) is 0 Å². The van der Waals surface area contributed by atoms with Crippen molar-refractivity contribution in [2.45, 2.75) is 64.8 Å². The molecule has 2 saturated heterocycles. The van der Waals surface area contributed by atoms with Crippen molar-refractivity contribution in [1.82, 2.24) is 0 Å². The lowest BCUT2D eigenvalue weighted by molar-refractivity contribution is -0.310. The van der Waals surface area contributed by atoms with Crippen molar-refractivity contribution in [2.75, 3.05) is 6.61 Å². The molecule has 2 nitrogen and oxygen atoms in total. The van der Waals surface area contributed by atoms with E-state index < -0.39 is 0 Å². The van der Waals surface area contributed by atoms with Gasteiger partial charge in [0.05, 0.1) is 12.7 Å². The van der Waals surface area contributed by atoms with Crippen LogP contribution in [0.5, 0.6) is 0 Å². The highest BCUT2D eigenvalue weighted by Gasteiger charge is 2.42. The lowest BCUT2D eigenvalue weighted by atomic mass is 9.84. The van der Waals surface area contributed by atoms with E-state index in [2.05, 4.69) is 20.8 Å². The topological polar surface area (TPSA) is 18.5 Å². The van der Waals surface area contributed by atoms with Crippen LogP contribution in [0.2, 0.25) is 0 Å². The van der Waals surface area contributed by atoms with Gasteiger partial charge in [0.2, 0.25) is 0 Å². The largest absolute Gasteiger partial charge is 0.350 e. The molecular formula is C13H24O2. The number of hydrogen-bond donors (Lipinski definition) is 0. The van der Waals surface area contributed by atoms with Gasteiger partial charge in [-0.15, -0.1) is 0 Å². The Morgan fingerprint density at radius 2 is 2.00 bits per heavy atom. The van der Waals surface area contributed by atoms with Gasteiger partial charge in [-0.05, 0) is 31.1 Å². The standard InChI is InChI=1S/C13H24O2/c1-10(2)12-11(3)6-8-13(15-12)7-4-5-9-14-13/h10-12H,4-9H2,1-3H3/t11-,12-,13+/m1/s1. The minimum absolute atomic E-state index is 0.209. The van der Waals surface area contributed by atoms with Gasteiger partial charge in [-0.1, -0.05) is 20.8 Å². The SMILES string of the molecule is CC(C)[C@H]1O[C@@]2(CCCCO2)CC[C@H]1C. The molecule has 0 unspecified atom stereocenters. The summed E-state index contributed by atoms with van der Waals surface area (Å²) in [7, 11) is 0. The molecule has 0 N–H and O–H groups in total. The monoisotopic (exact) mass is 212 g/mol. The smallest absolute Gasteiger partial charge is 0.168 e. The predicted octanol–water partition coefficient (Wildman–Crippen LogP) is 3.35. The summed E-state index contributed by atoms with van der Waals surface area (Å²) in [6, 6.07) is 0. The second kappa shape index (κ2) is 4.42. The van der Waals surface area contributed by atoms with Crippen molar-refractivity contribution in [3.63, 3.8) is 0 Å². The molecule has 3 atom stereocenters. The molecule has 0 aliphatic carbocycles.